The van der Waals surface area contributed by atoms with Gasteiger partial charge in [-0.15, -0.1) is 0 Å². The Morgan fingerprint density at radius 1 is 1.15 bits per heavy atom. The average molecular weight is 282 g/mol. The second-order valence-electron chi connectivity index (χ2n) is 5.09. The van der Waals surface area contributed by atoms with Crippen LogP contribution >= 0.6 is 0 Å². The summed E-state index contributed by atoms with van der Waals surface area (Å²) in [5.41, 5.74) is 3.80. The molecule has 1 aliphatic rings. The van der Waals surface area contributed by atoms with Crippen molar-refractivity contribution in [3.05, 3.63) is 35.4 Å². The molecule has 2 rings (SSSR count). The molecule has 1 aromatic rings. The van der Waals surface area contributed by atoms with Crippen LogP contribution in [0.5, 0.6) is 0 Å². The second-order valence-corrected chi connectivity index (χ2v) is 5.09. The van der Waals surface area contributed by atoms with E-state index >= 15 is 0 Å². The Morgan fingerprint density at radius 3 is 2.40 bits per heavy atom. The third-order valence-electron chi connectivity index (χ3n) is 3.70. The summed E-state index contributed by atoms with van der Waals surface area (Å²) in [5.74, 6) is -3.00. The minimum atomic E-state index is -1.16. The second kappa shape index (κ2) is 5.56. The summed E-state index contributed by atoms with van der Waals surface area (Å²) in [5, 5.41) is 2.50. The average Bonchev–Trinajstić information content (AvgIpc) is 2.42. The van der Waals surface area contributed by atoms with Crippen molar-refractivity contribution in [3.63, 3.8) is 0 Å². The first kappa shape index (κ1) is 14.4. The summed E-state index contributed by atoms with van der Waals surface area (Å²) in [6, 6.07) is 2.61. The Labute approximate surface area is 115 Å². The maximum Gasteiger partial charge on any atom is 0.255 e. The summed E-state index contributed by atoms with van der Waals surface area (Å²) in [7, 11) is 0. The highest BCUT2D eigenvalue weighted by Crippen LogP contribution is 2.28. The number of amides is 2. The SMILES string of the molecule is NC(=O)C1(NC(=O)c2cc(F)ccc2F)CCCCC1. The van der Waals surface area contributed by atoms with Crippen molar-refractivity contribution >= 4 is 11.8 Å². The summed E-state index contributed by atoms with van der Waals surface area (Å²) >= 11 is 0. The number of hydrogen-bond donors (Lipinski definition) is 2. The van der Waals surface area contributed by atoms with Gasteiger partial charge in [0, 0.05) is 0 Å². The minimum Gasteiger partial charge on any atom is -0.368 e. The molecule has 1 aromatic carbocycles. The van der Waals surface area contributed by atoms with Crippen LogP contribution < -0.4 is 11.1 Å². The number of nitrogens with one attached hydrogen (secondary N) is 1. The first-order valence-electron chi connectivity index (χ1n) is 6.52. The lowest BCUT2D eigenvalue weighted by molar-refractivity contribution is -0.125. The van der Waals surface area contributed by atoms with Gasteiger partial charge in [0.25, 0.3) is 5.91 Å². The van der Waals surface area contributed by atoms with Gasteiger partial charge in [-0.25, -0.2) is 8.78 Å². The largest absolute Gasteiger partial charge is 0.368 e. The van der Waals surface area contributed by atoms with Crippen LogP contribution in [0.1, 0.15) is 42.5 Å². The molecule has 0 aliphatic heterocycles. The highest BCUT2D eigenvalue weighted by molar-refractivity contribution is 5.99. The fraction of sp³-hybridized carbons (Fsp3) is 0.429. The van der Waals surface area contributed by atoms with Crippen LogP contribution in [-0.2, 0) is 4.79 Å². The molecule has 3 N–H and O–H groups in total. The standard InChI is InChI=1S/C14H16F2N2O2/c15-9-4-5-11(16)10(8-9)12(19)18-14(13(17)20)6-2-1-3-7-14/h4-5,8H,1-3,6-7H2,(H2,17,20)(H,18,19). The van der Waals surface area contributed by atoms with Crippen molar-refractivity contribution in [1.29, 1.82) is 0 Å². The summed E-state index contributed by atoms with van der Waals surface area (Å²) in [6.45, 7) is 0. The third-order valence-corrected chi connectivity index (χ3v) is 3.70. The highest BCUT2D eigenvalue weighted by atomic mass is 19.1. The van der Waals surface area contributed by atoms with Crippen LogP contribution in [0.3, 0.4) is 0 Å². The number of carbonyl (C=O) groups excluding carboxylic acids is 2. The van der Waals surface area contributed by atoms with Crippen molar-refractivity contribution in [1.82, 2.24) is 5.32 Å². The van der Waals surface area contributed by atoms with E-state index in [1.54, 1.807) is 0 Å². The summed E-state index contributed by atoms with van der Waals surface area (Å²) < 4.78 is 26.7. The Hall–Kier alpha value is -1.98. The van der Waals surface area contributed by atoms with Crippen LogP contribution in [-0.4, -0.2) is 17.4 Å². The Bertz CT molecular complexity index is 540. The maximum atomic E-state index is 13.6. The Kier molecular flexibility index (Phi) is 4.01. The topological polar surface area (TPSA) is 72.2 Å². The molecule has 4 nitrogen and oxygen atoms in total. The van der Waals surface area contributed by atoms with E-state index in [-0.39, 0.29) is 0 Å². The fourth-order valence-electron chi connectivity index (χ4n) is 2.54. The molecule has 0 saturated heterocycles. The first-order chi connectivity index (χ1) is 9.44. The van der Waals surface area contributed by atoms with E-state index < -0.39 is 34.6 Å². The lowest BCUT2D eigenvalue weighted by Gasteiger charge is -2.35. The number of hydrogen-bond acceptors (Lipinski definition) is 2. The lowest BCUT2D eigenvalue weighted by Crippen LogP contribution is -2.58. The third kappa shape index (κ3) is 2.79. The predicted molar refractivity (Wildman–Crippen MR) is 68.8 cm³/mol. The van der Waals surface area contributed by atoms with Crippen LogP contribution in [0.4, 0.5) is 8.78 Å². The van der Waals surface area contributed by atoms with Gasteiger partial charge < -0.3 is 11.1 Å². The number of primary amides is 1. The predicted octanol–water partition coefficient (Wildman–Crippen LogP) is 1.88. The molecule has 0 radical (unpaired) electrons. The number of nitrogens with two attached hydrogens (primary N) is 1. The van der Waals surface area contributed by atoms with Gasteiger partial charge in [-0.2, -0.15) is 0 Å². The Balaban J connectivity index is 2.24. The molecule has 1 saturated carbocycles. The molecule has 108 valence electrons. The molecule has 1 fully saturated rings. The van der Waals surface area contributed by atoms with E-state index in [2.05, 4.69) is 5.32 Å². The summed E-state index contributed by atoms with van der Waals surface area (Å²) in [4.78, 5) is 23.7. The molecular weight excluding hydrogens is 266 g/mol. The number of benzene rings is 1. The van der Waals surface area contributed by atoms with Gasteiger partial charge in [-0.3, -0.25) is 9.59 Å². The quantitative estimate of drug-likeness (QED) is 0.888. The lowest BCUT2D eigenvalue weighted by atomic mass is 9.81. The normalized spacial score (nSPS) is 17.5. The molecule has 0 atom stereocenters. The van der Waals surface area contributed by atoms with Gasteiger partial charge in [-0.1, -0.05) is 19.3 Å². The minimum absolute atomic E-state index is 0.420. The Morgan fingerprint density at radius 2 is 1.80 bits per heavy atom. The van der Waals surface area contributed by atoms with Crippen molar-refractivity contribution in [3.8, 4) is 0 Å². The molecule has 0 heterocycles. The van der Waals surface area contributed by atoms with Gasteiger partial charge in [0.05, 0.1) is 5.56 Å². The van der Waals surface area contributed by atoms with Gasteiger partial charge in [-0.05, 0) is 31.0 Å². The van der Waals surface area contributed by atoms with Gasteiger partial charge in [0.2, 0.25) is 5.91 Å². The van der Waals surface area contributed by atoms with Gasteiger partial charge in [0.15, 0.2) is 0 Å². The molecular formula is C14H16F2N2O2. The molecule has 6 heteroatoms. The van der Waals surface area contributed by atoms with E-state index in [0.29, 0.717) is 12.8 Å². The maximum absolute atomic E-state index is 13.6. The molecule has 20 heavy (non-hydrogen) atoms. The zero-order chi connectivity index (χ0) is 14.8. The fourth-order valence-corrected chi connectivity index (χ4v) is 2.54. The molecule has 2 amide bonds. The van der Waals surface area contributed by atoms with Crippen LogP contribution in [0, 0.1) is 11.6 Å². The zero-order valence-electron chi connectivity index (χ0n) is 10.9. The van der Waals surface area contributed by atoms with Crippen molar-refractivity contribution in [2.45, 2.75) is 37.6 Å². The van der Waals surface area contributed by atoms with Crippen molar-refractivity contribution in [2.24, 2.45) is 5.73 Å². The molecule has 1 aliphatic carbocycles. The van der Waals surface area contributed by atoms with E-state index in [1.807, 2.05) is 0 Å². The van der Waals surface area contributed by atoms with E-state index in [0.717, 1.165) is 37.5 Å². The first-order valence-corrected chi connectivity index (χ1v) is 6.52. The van der Waals surface area contributed by atoms with E-state index in [1.165, 1.54) is 0 Å². The molecule has 0 unspecified atom stereocenters. The van der Waals surface area contributed by atoms with E-state index in [9.17, 15) is 18.4 Å². The van der Waals surface area contributed by atoms with Gasteiger partial charge in [0.1, 0.15) is 17.2 Å². The number of halogens is 2. The van der Waals surface area contributed by atoms with Crippen molar-refractivity contribution < 1.29 is 18.4 Å². The van der Waals surface area contributed by atoms with Crippen LogP contribution in [0.15, 0.2) is 18.2 Å². The van der Waals surface area contributed by atoms with Crippen molar-refractivity contribution in [2.75, 3.05) is 0 Å². The number of rotatable bonds is 3. The molecule has 0 spiro atoms. The highest BCUT2D eigenvalue weighted by Gasteiger charge is 2.39. The van der Waals surface area contributed by atoms with E-state index in [4.69, 9.17) is 5.73 Å². The zero-order valence-corrected chi connectivity index (χ0v) is 10.9. The monoisotopic (exact) mass is 282 g/mol. The number of carbonyl (C=O) groups is 2. The van der Waals surface area contributed by atoms with Crippen LogP contribution in [0.25, 0.3) is 0 Å². The van der Waals surface area contributed by atoms with Crippen LogP contribution in [0.2, 0.25) is 0 Å². The molecule has 0 bridgehead atoms. The molecule has 0 aromatic heterocycles. The smallest absolute Gasteiger partial charge is 0.255 e. The summed E-state index contributed by atoms with van der Waals surface area (Å²) in [6.07, 6.45) is 3.32. The van der Waals surface area contributed by atoms with Gasteiger partial charge >= 0.3 is 0 Å².